The van der Waals surface area contributed by atoms with Gasteiger partial charge in [-0.05, 0) is 18.6 Å². The number of fused-ring (bicyclic) bond motifs is 1. The molecule has 0 fully saturated rings. The molecule has 1 heterocycles. The van der Waals surface area contributed by atoms with Crippen LogP contribution in [0.1, 0.15) is 19.3 Å². The minimum atomic E-state index is -1.04. The number of nitrogens with zero attached hydrogens (tertiary/aromatic N) is 1. The van der Waals surface area contributed by atoms with Crippen molar-refractivity contribution in [1.82, 2.24) is 0 Å². The van der Waals surface area contributed by atoms with E-state index in [9.17, 15) is 14.4 Å². The third-order valence-electron chi connectivity index (χ3n) is 3.29. The molecule has 0 saturated carbocycles. The Bertz CT molecular complexity index is 616. The molecule has 0 unspecified atom stereocenters. The molecule has 3 N–H and O–H groups in total. The van der Waals surface area contributed by atoms with E-state index in [1.807, 2.05) is 0 Å². The number of carbonyl (C=O) groups is 3. The second-order valence-corrected chi connectivity index (χ2v) is 5.04. The summed E-state index contributed by atoms with van der Waals surface area (Å²) in [4.78, 5) is 35.5. The van der Waals surface area contributed by atoms with Crippen LogP contribution in [0.25, 0.3) is 0 Å². The van der Waals surface area contributed by atoms with Gasteiger partial charge in [0.2, 0.25) is 5.91 Å². The Morgan fingerprint density at radius 3 is 2.78 bits per heavy atom. The summed E-state index contributed by atoms with van der Waals surface area (Å²) in [6.45, 7) is 0.266. The highest BCUT2D eigenvalue weighted by molar-refractivity contribution is 5.99. The first-order chi connectivity index (χ1) is 11.0. The number of aliphatic hydroxyl groups excluding tert-OH is 1. The number of benzene rings is 1. The molecule has 8 heteroatoms. The SMILES string of the molecule is O=C(O)CCC(=O)Nc1ccc2c(c1)OCC(=O)N2CCCO. The first-order valence-electron chi connectivity index (χ1n) is 7.21. The van der Waals surface area contributed by atoms with E-state index in [2.05, 4.69) is 5.32 Å². The van der Waals surface area contributed by atoms with E-state index in [0.29, 0.717) is 30.1 Å². The van der Waals surface area contributed by atoms with Crippen molar-refractivity contribution in [3.63, 3.8) is 0 Å². The van der Waals surface area contributed by atoms with Crippen LogP contribution in [0.15, 0.2) is 18.2 Å². The number of aliphatic hydroxyl groups is 1. The molecule has 0 spiro atoms. The van der Waals surface area contributed by atoms with E-state index in [-0.39, 0.29) is 32.0 Å². The average molecular weight is 322 g/mol. The van der Waals surface area contributed by atoms with E-state index >= 15 is 0 Å². The van der Waals surface area contributed by atoms with Crippen LogP contribution in [-0.4, -0.2) is 47.8 Å². The van der Waals surface area contributed by atoms with E-state index in [0.717, 1.165) is 0 Å². The number of amides is 2. The summed E-state index contributed by atoms with van der Waals surface area (Å²) in [7, 11) is 0. The molecular formula is C15H18N2O6. The van der Waals surface area contributed by atoms with Gasteiger partial charge < -0.3 is 25.2 Å². The molecule has 124 valence electrons. The lowest BCUT2D eigenvalue weighted by Crippen LogP contribution is -2.39. The van der Waals surface area contributed by atoms with E-state index < -0.39 is 11.9 Å². The van der Waals surface area contributed by atoms with Gasteiger partial charge in [0.1, 0.15) is 5.75 Å². The van der Waals surface area contributed by atoms with E-state index in [4.69, 9.17) is 14.9 Å². The fourth-order valence-corrected chi connectivity index (χ4v) is 2.20. The van der Waals surface area contributed by atoms with Gasteiger partial charge in [-0.15, -0.1) is 0 Å². The number of carboxylic acid groups (broad SMARTS) is 1. The standard InChI is InChI=1S/C15H18N2O6/c18-7-1-6-17-11-3-2-10(8-12(11)23-9-14(17)20)16-13(19)4-5-15(21)22/h2-3,8,18H,1,4-7,9H2,(H,16,19)(H,21,22). The van der Waals surface area contributed by atoms with Crippen molar-refractivity contribution >= 4 is 29.2 Å². The minimum absolute atomic E-state index is 0.0162. The van der Waals surface area contributed by atoms with Gasteiger partial charge >= 0.3 is 5.97 Å². The zero-order valence-electron chi connectivity index (χ0n) is 12.4. The Balaban J connectivity index is 2.08. The molecule has 23 heavy (non-hydrogen) atoms. The van der Waals surface area contributed by atoms with Gasteiger partial charge in [0.05, 0.1) is 12.1 Å². The monoisotopic (exact) mass is 322 g/mol. The lowest BCUT2D eigenvalue weighted by molar-refractivity contribution is -0.138. The molecule has 1 aromatic rings. The maximum Gasteiger partial charge on any atom is 0.303 e. The lowest BCUT2D eigenvalue weighted by atomic mass is 10.2. The summed E-state index contributed by atoms with van der Waals surface area (Å²) < 4.78 is 5.37. The van der Waals surface area contributed by atoms with Crippen molar-refractivity contribution in [2.45, 2.75) is 19.3 Å². The van der Waals surface area contributed by atoms with Crippen LogP contribution in [0.4, 0.5) is 11.4 Å². The number of carbonyl (C=O) groups excluding carboxylic acids is 2. The Labute approximate surface area is 132 Å². The van der Waals surface area contributed by atoms with Crippen molar-refractivity contribution in [3.05, 3.63) is 18.2 Å². The largest absolute Gasteiger partial charge is 0.481 e. The van der Waals surface area contributed by atoms with Crippen LogP contribution in [0.2, 0.25) is 0 Å². The third-order valence-corrected chi connectivity index (χ3v) is 3.29. The second kappa shape index (κ2) is 7.59. The molecule has 0 bridgehead atoms. The first-order valence-corrected chi connectivity index (χ1v) is 7.21. The smallest absolute Gasteiger partial charge is 0.303 e. The molecule has 0 radical (unpaired) electrons. The highest BCUT2D eigenvalue weighted by atomic mass is 16.5. The van der Waals surface area contributed by atoms with Crippen LogP contribution in [0, 0.1) is 0 Å². The maximum atomic E-state index is 11.9. The van der Waals surface area contributed by atoms with Crippen molar-refractivity contribution in [1.29, 1.82) is 0 Å². The number of hydrogen-bond acceptors (Lipinski definition) is 5. The van der Waals surface area contributed by atoms with Gasteiger partial charge in [-0.3, -0.25) is 14.4 Å². The maximum absolute atomic E-state index is 11.9. The number of aliphatic carboxylic acids is 1. The highest BCUT2D eigenvalue weighted by Crippen LogP contribution is 2.34. The van der Waals surface area contributed by atoms with Gasteiger partial charge in [-0.25, -0.2) is 0 Å². The normalized spacial score (nSPS) is 13.3. The van der Waals surface area contributed by atoms with Crippen LogP contribution in [-0.2, 0) is 14.4 Å². The van der Waals surface area contributed by atoms with Crippen LogP contribution >= 0.6 is 0 Å². The zero-order chi connectivity index (χ0) is 16.8. The summed E-state index contributed by atoms with van der Waals surface area (Å²) in [5, 5.41) is 20.1. The molecule has 0 aromatic heterocycles. The average Bonchev–Trinajstić information content (AvgIpc) is 2.52. The molecule has 1 aromatic carbocycles. The molecule has 0 saturated heterocycles. The summed E-state index contributed by atoms with van der Waals surface area (Å²) in [6.07, 6.45) is 0.101. The molecule has 2 amide bonds. The molecular weight excluding hydrogens is 304 g/mol. The summed E-state index contributed by atoms with van der Waals surface area (Å²) in [5.74, 6) is -1.17. The number of nitrogens with one attached hydrogen (secondary N) is 1. The molecule has 0 atom stereocenters. The Kier molecular flexibility index (Phi) is 5.53. The minimum Gasteiger partial charge on any atom is -0.481 e. The van der Waals surface area contributed by atoms with Gasteiger partial charge in [-0.1, -0.05) is 0 Å². The fourth-order valence-electron chi connectivity index (χ4n) is 2.20. The number of rotatable bonds is 7. The van der Waals surface area contributed by atoms with Crippen LogP contribution in [0.5, 0.6) is 5.75 Å². The van der Waals surface area contributed by atoms with Crippen molar-refractivity contribution in [3.8, 4) is 5.75 Å². The molecule has 8 nitrogen and oxygen atoms in total. The van der Waals surface area contributed by atoms with Crippen molar-refractivity contribution < 1.29 is 29.3 Å². The third kappa shape index (κ3) is 4.43. The van der Waals surface area contributed by atoms with E-state index in [1.165, 1.54) is 4.90 Å². The Hall–Kier alpha value is -2.61. The van der Waals surface area contributed by atoms with E-state index in [1.54, 1.807) is 18.2 Å². The Morgan fingerprint density at radius 2 is 2.09 bits per heavy atom. The van der Waals surface area contributed by atoms with Gasteiger partial charge in [0.25, 0.3) is 5.91 Å². The summed E-state index contributed by atoms with van der Waals surface area (Å²) in [5.41, 5.74) is 1.05. The number of ether oxygens (including phenoxy) is 1. The zero-order valence-corrected chi connectivity index (χ0v) is 12.4. The highest BCUT2D eigenvalue weighted by Gasteiger charge is 2.25. The quantitative estimate of drug-likeness (QED) is 0.677. The first kappa shape index (κ1) is 16.8. The molecule has 1 aliphatic heterocycles. The topological polar surface area (TPSA) is 116 Å². The van der Waals surface area contributed by atoms with Gasteiger partial charge in [0, 0.05) is 31.3 Å². The van der Waals surface area contributed by atoms with Crippen molar-refractivity contribution in [2.75, 3.05) is 30.0 Å². The second-order valence-electron chi connectivity index (χ2n) is 5.04. The number of carboxylic acids is 1. The molecule has 0 aliphatic carbocycles. The van der Waals surface area contributed by atoms with Gasteiger partial charge in [0.15, 0.2) is 6.61 Å². The van der Waals surface area contributed by atoms with Crippen LogP contribution < -0.4 is 15.0 Å². The predicted octanol–water partition coefficient (Wildman–Crippen LogP) is 0.598. The van der Waals surface area contributed by atoms with Gasteiger partial charge in [-0.2, -0.15) is 0 Å². The number of hydrogen-bond donors (Lipinski definition) is 3. The van der Waals surface area contributed by atoms with Crippen LogP contribution in [0.3, 0.4) is 0 Å². The molecule has 2 rings (SSSR count). The summed E-state index contributed by atoms with van der Waals surface area (Å²) in [6, 6.07) is 4.86. The number of anilines is 2. The summed E-state index contributed by atoms with van der Waals surface area (Å²) >= 11 is 0. The Morgan fingerprint density at radius 1 is 1.30 bits per heavy atom. The predicted molar refractivity (Wildman–Crippen MR) is 81.5 cm³/mol. The lowest BCUT2D eigenvalue weighted by Gasteiger charge is -2.29. The van der Waals surface area contributed by atoms with Crippen molar-refractivity contribution in [2.24, 2.45) is 0 Å². The fraction of sp³-hybridized carbons (Fsp3) is 0.400. The molecule has 1 aliphatic rings.